The van der Waals surface area contributed by atoms with E-state index < -0.39 is 0 Å². The summed E-state index contributed by atoms with van der Waals surface area (Å²) < 4.78 is 0. The van der Waals surface area contributed by atoms with E-state index in [0.29, 0.717) is 18.5 Å². The number of aromatic nitrogens is 1. The van der Waals surface area contributed by atoms with E-state index >= 15 is 0 Å². The molecule has 2 saturated heterocycles. The first-order chi connectivity index (χ1) is 11.7. The van der Waals surface area contributed by atoms with E-state index in [9.17, 15) is 4.79 Å². The van der Waals surface area contributed by atoms with Gasteiger partial charge < -0.3 is 10.2 Å². The van der Waals surface area contributed by atoms with Crippen molar-refractivity contribution in [2.24, 2.45) is 0 Å². The molecule has 0 radical (unpaired) electrons. The van der Waals surface area contributed by atoms with Gasteiger partial charge in [-0.25, -0.2) is 0 Å². The predicted octanol–water partition coefficient (Wildman–Crippen LogP) is 1.69. The minimum absolute atomic E-state index is 0.163. The van der Waals surface area contributed by atoms with Gasteiger partial charge in [-0.15, -0.1) is 0 Å². The summed E-state index contributed by atoms with van der Waals surface area (Å²) in [5.74, 6) is 0.163. The lowest BCUT2D eigenvalue weighted by molar-refractivity contribution is -0.122. The highest BCUT2D eigenvalue weighted by Gasteiger charge is 2.28. The van der Waals surface area contributed by atoms with Gasteiger partial charge in [0.1, 0.15) is 0 Å². The van der Waals surface area contributed by atoms with Gasteiger partial charge in [-0.3, -0.25) is 14.7 Å². The Bertz CT molecular complexity index is 513. The van der Waals surface area contributed by atoms with Crippen molar-refractivity contribution in [3.8, 4) is 0 Å². The largest absolute Gasteiger partial charge is 0.352 e. The van der Waals surface area contributed by atoms with Crippen molar-refractivity contribution in [2.75, 3.05) is 33.2 Å². The minimum atomic E-state index is 0.163. The van der Waals surface area contributed by atoms with Gasteiger partial charge in [-0.05, 0) is 70.9 Å². The Morgan fingerprint density at radius 2 is 2.08 bits per heavy atom. The van der Waals surface area contributed by atoms with Gasteiger partial charge in [-0.2, -0.15) is 0 Å². The summed E-state index contributed by atoms with van der Waals surface area (Å²) in [6.45, 7) is 4.60. The Morgan fingerprint density at radius 3 is 2.83 bits per heavy atom. The number of nitrogens with one attached hydrogen (secondary N) is 1. The SMILES string of the molecule is CN1CCC(N2CCCC(NC(=O)CCc3ccccn3)C2)CC1. The summed E-state index contributed by atoms with van der Waals surface area (Å²) in [6.07, 6.45) is 7.86. The Kier molecular flexibility index (Phi) is 6.21. The van der Waals surface area contributed by atoms with Crippen LogP contribution >= 0.6 is 0 Å². The molecule has 2 fully saturated rings. The number of rotatable bonds is 5. The van der Waals surface area contributed by atoms with E-state index in [1.807, 2.05) is 18.2 Å². The maximum absolute atomic E-state index is 12.2. The number of piperidine rings is 2. The highest BCUT2D eigenvalue weighted by Crippen LogP contribution is 2.20. The topological polar surface area (TPSA) is 48.5 Å². The van der Waals surface area contributed by atoms with Crippen LogP contribution in [0.5, 0.6) is 0 Å². The van der Waals surface area contributed by atoms with E-state index in [0.717, 1.165) is 25.1 Å². The summed E-state index contributed by atoms with van der Waals surface area (Å²) in [7, 11) is 2.21. The molecule has 1 amide bonds. The van der Waals surface area contributed by atoms with Crippen LogP contribution in [-0.2, 0) is 11.2 Å². The van der Waals surface area contributed by atoms with E-state index in [4.69, 9.17) is 0 Å². The molecule has 0 spiro atoms. The maximum atomic E-state index is 12.2. The van der Waals surface area contributed by atoms with Crippen LogP contribution in [0.15, 0.2) is 24.4 Å². The highest BCUT2D eigenvalue weighted by molar-refractivity contribution is 5.76. The molecule has 24 heavy (non-hydrogen) atoms. The second-order valence-electron chi connectivity index (χ2n) is 7.26. The lowest BCUT2D eigenvalue weighted by Gasteiger charge is -2.41. The number of aryl methyl sites for hydroxylation is 1. The Morgan fingerprint density at radius 1 is 1.25 bits per heavy atom. The molecule has 3 heterocycles. The smallest absolute Gasteiger partial charge is 0.220 e. The van der Waals surface area contributed by atoms with Crippen molar-refractivity contribution in [2.45, 2.75) is 50.6 Å². The maximum Gasteiger partial charge on any atom is 0.220 e. The lowest BCUT2D eigenvalue weighted by atomic mass is 9.98. The molecule has 2 aliphatic rings. The van der Waals surface area contributed by atoms with Crippen molar-refractivity contribution in [1.29, 1.82) is 0 Å². The number of likely N-dealkylation sites (tertiary alicyclic amines) is 2. The van der Waals surface area contributed by atoms with Gasteiger partial charge >= 0.3 is 0 Å². The van der Waals surface area contributed by atoms with Crippen molar-refractivity contribution < 1.29 is 4.79 Å². The zero-order valence-electron chi connectivity index (χ0n) is 14.8. The molecule has 1 atom stereocenters. The minimum Gasteiger partial charge on any atom is -0.352 e. The molecule has 1 unspecified atom stereocenters. The molecule has 0 saturated carbocycles. The number of hydrogen-bond acceptors (Lipinski definition) is 4. The van der Waals surface area contributed by atoms with Crippen LogP contribution in [0.3, 0.4) is 0 Å². The Labute approximate surface area is 145 Å². The van der Waals surface area contributed by atoms with Crippen LogP contribution in [0, 0.1) is 0 Å². The molecule has 2 aliphatic heterocycles. The molecular weight excluding hydrogens is 300 g/mol. The molecule has 0 bridgehead atoms. The van der Waals surface area contributed by atoms with E-state index in [1.54, 1.807) is 6.20 Å². The zero-order chi connectivity index (χ0) is 16.8. The van der Waals surface area contributed by atoms with E-state index in [2.05, 4.69) is 27.1 Å². The van der Waals surface area contributed by atoms with Gasteiger partial charge in [0.2, 0.25) is 5.91 Å². The first kappa shape index (κ1) is 17.4. The fourth-order valence-electron chi connectivity index (χ4n) is 3.90. The third-order valence-corrected chi connectivity index (χ3v) is 5.36. The average molecular weight is 330 g/mol. The molecule has 5 nitrogen and oxygen atoms in total. The standard InChI is InChI=1S/C19H30N4O/c1-22-13-9-18(10-14-22)23-12-4-6-17(15-23)21-19(24)8-7-16-5-2-3-11-20-16/h2-3,5,11,17-18H,4,6-10,12-15H2,1H3,(H,21,24). The summed E-state index contributed by atoms with van der Waals surface area (Å²) in [5.41, 5.74) is 0.990. The van der Waals surface area contributed by atoms with Crippen molar-refractivity contribution >= 4 is 5.91 Å². The molecule has 1 aromatic heterocycles. The molecule has 0 aliphatic carbocycles. The van der Waals surface area contributed by atoms with Gasteiger partial charge in [0.25, 0.3) is 0 Å². The van der Waals surface area contributed by atoms with Crippen molar-refractivity contribution in [1.82, 2.24) is 20.1 Å². The van der Waals surface area contributed by atoms with Crippen LogP contribution in [-0.4, -0.2) is 66.0 Å². The number of carbonyl (C=O) groups excluding carboxylic acids is 1. The van der Waals surface area contributed by atoms with Gasteiger partial charge in [-0.1, -0.05) is 6.07 Å². The molecule has 1 N–H and O–H groups in total. The monoisotopic (exact) mass is 330 g/mol. The number of carbonyl (C=O) groups is 1. The highest BCUT2D eigenvalue weighted by atomic mass is 16.1. The molecule has 0 aromatic carbocycles. The molecule has 1 aromatic rings. The zero-order valence-corrected chi connectivity index (χ0v) is 14.8. The molecule has 5 heteroatoms. The van der Waals surface area contributed by atoms with Gasteiger partial charge in [0, 0.05) is 36.9 Å². The number of pyridine rings is 1. The van der Waals surface area contributed by atoms with Crippen LogP contribution in [0.25, 0.3) is 0 Å². The second-order valence-corrected chi connectivity index (χ2v) is 7.26. The Balaban J connectivity index is 1.42. The molecule has 132 valence electrons. The summed E-state index contributed by atoms with van der Waals surface area (Å²) in [5, 5.41) is 3.25. The predicted molar refractivity (Wildman–Crippen MR) is 95.8 cm³/mol. The van der Waals surface area contributed by atoms with Gasteiger partial charge in [0.15, 0.2) is 0 Å². The number of hydrogen-bond donors (Lipinski definition) is 1. The van der Waals surface area contributed by atoms with E-state index in [1.165, 1.54) is 38.9 Å². The first-order valence-corrected chi connectivity index (χ1v) is 9.32. The lowest BCUT2D eigenvalue weighted by Crippen LogP contribution is -2.53. The fourth-order valence-corrected chi connectivity index (χ4v) is 3.90. The third kappa shape index (κ3) is 5.02. The van der Waals surface area contributed by atoms with Crippen LogP contribution < -0.4 is 5.32 Å². The quantitative estimate of drug-likeness (QED) is 0.892. The van der Waals surface area contributed by atoms with E-state index in [-0.39, 0.29) is 5.91 Å². The first-order valence-electron chi connectivity index (χ1n) is 9.32. The second kappa shape index (κ2) is 8.58. The summed E-state index contributed by atoms with van der Waals surface area (Å²) in [6, 6.07) is 6.88. The van der Waals surface area contributed by atoms with Gasteiger partial charge in [0.05, 0.1) is 0 Å². The molecule has 3 rings (SSSR count). The normalized spacial score (nSPS) is 24.0. The number of nitrogens with zero attached hydrogens (tertiary/aromatic N) is 3. The van der Waals surface area contributed by atoms with Crippen molar-refractivity contribution in [3.63, 3.8) is 0 Å². The average Bonchev–Trinajstić information content (AvgIpc) is 2.62. The molecular formula is C19H30N4O. The van der Waals surface area contributed by atoms with Crippen LogP contribution in [0.2, 0.25) is 0 Å². The summed E-state index contributed by atoms with van der Waals surface area (Å²) >= 11 is 0. The fraction of sp³-hybridized carbons (Fsp3) is 0.684. The third-order valence-electron chi connectivity index (χ3n) is 5.36. The summed E-state index contributed by atoms with van der Waals surface area (Å²) in [4.78, 5) is 21.6. The van der Waals surface area contributed by atoms with Crippen LogP contribution in [0.4, 0.5) is 0 Å². The Hall–Kier alpha value is -1.46. The van der Waals surface area contributed by atoms with Crippen molar-refractivity contribution in [3.05, 3.63) is 30.1 Å². The van der Waals surface area contributed by atoms with Crippen LogP contribution in [0.1, 0.15) is 37.8 Å². The number of amides is 1.